The van der Waals surface area contributed by atoms with Crippen molar-refractivity contribution in [3.05, 3.63) is 18.0 Å². The van der Waals surface area contributed by atoms with Crippen molar-refractivity contribution in [3.8, 4) is 0 Å². The van der Waals surface area contributed by atoms with Crippen molar-refractivity contribution in [1.82, 2.24) is 9.78 Å². The van der Waals surface area contributed by atoms with Crippen LogP contribution in [0, 0.1) is 5.41 Å². The van der Waals surface area contributed by atoms with Gasteiger partial charge in [-0.15, -0.1) is 0 Å². The van der Waals surface area contributed by atoms with E-state index in [1.54, 1.807) is 0 Å². The van der Waals surface area contributed by atoms with E-state index in [0.717, 1.165) is 18.7 Å². The first kappa shape index (κ1) is 8.75. The first-order valence-corrected chi connectivity index (χ1v) is 4.82. The fourth-order valence-electron chi connectivity index (χ4n) is 1.87. The normalized spacial score (nSPS) is 30.5. The van der Waals surface area contributed by atoms with E-state index in [-0.39, 0.29) is 11.0 Å². The van der Waals surface area contributed by atoms with Crippen LogP contribution in [0.1, 0.15) is 32.9 Å². The van der Waals surface area contributed by atoms with Gasteiger partial charge in [0.25, 0.3) is 0 Å². The fraction of sp³-hybridized carbons (Fsp3) is 0.700. The van der Waals surface area contributed by atoms with Gasteiger partial charge in [0.05, 0.1) is 11.2 Å². The van der Waals surface area contributed by atoms with Crippen molar-refractivity contribution in [2.75, 3.05) is 0 Å². The van der Waals surface area contributed by atoms with E-state index in [2.05, 4.69) is 25.9 Å². The van der Waals surface area contributed by atoms with Crippen molar-refractivity contribution in [3.63, 3.8) is 0 Å². The number of aromatic nitrogens is 2. The van der Waals surface area contributed by atoms with E-state index in [1.807, 2.05) is 16.9 Å². The van der Waals surface area contributed by atoms with Crippen LogP contribution in [0.25, 0.3) is 0 Å². The molecule has 1 heterocycles. The smallest absolute Gasteiger partial charge is 0.0828 e. The van der Waals surface area contributed by atoms with Crippen LogP contribution in [0.15, 0.2) is 12.3 Å². The van der Waals surface area contributed by atoms with Gasteiger partial charge in [0.2, 0.25) is 0 Å². The lowest BCUT2D eigenvalue weighted by atomic mass is 10.0. The van der Waals surface area contributed by atoms with Crippen LogP contribution in [0.3, 0.4) is 0 Å². The van der Waals surface area contributed by atoms with Crippen LogP contribution in [-0.2, 0) is 12.1 Å². The minimum Gasteiger partial charge on any atom is -0.320 e. The van der Waals surface area contributed by atoms with Gasteiger partial charge >= 0.3 is 0 Å². The topological polar surface area (TPSA) is 43.8 Å². The molecule has 1 atom stereocenters. The molecule has 1 aliphatic carbocycles. The number of nitrogens with zero attached hydrogens (tertiary/aromatic N) is 2. The van der Waals surface area contributed by atoms with Crippen molar-refractivity contribution >= 4 is 0 Å². The van der Waals surface area contributed by atoms with Crippen LogP contribution >= 0.6 is 0 Å². The Balaban J connectivity index is 2.28. The zero-order chi connectivity index (χ0) is 9.69. The average molecular weight is 179 g/mol. The van der Waals surface area contributed by atoms with Crippen LogP contribution in [0.4, 0.5) is 0 Å². The maximum atomic E-state index is 6.24. The van der Waals surface area contributed by atoms with Crippen LogP contribution in [-0.4, -0.2) is 9.78 Å². The number of nitrogens with two attached hydrogens (primary N) is 1. The van der Waals surface area contributed by atoms with Crippen molar-refractivity contribution in [2.45, 2.75) is 39.3 Å². The molecule has 13 heavy (non-hydrogen) atoms. The molecule has 1 aromatic heterocycles. The molecule has 2 N–H and O–H groups in total. The van der Waals surface area contributed by atoms with Crippen molar-refractivity contribution in [1.29, 1.82) is 0 Å². The van der Waals surface area contributed by atoms with Gasteiger partial charge < -0.3 is 5.73 Å². The standard InChI is InChI=1S/C10H17N3/c1-4-13-6-5-8(12-13)10(11)7-9(10,2)3/h5-6H,4,7,11H2,1-3H3. The highest BCUT2D eigenvalue weighted by molar-refractivity contribution is 5.28. The van der Waals surface area contributed by atoms with Gasteiger partial charge in [-0.2, -0.15) is 5.10 Å². The molecule has 1 saturated carbocycles. The molecule has 72 valence electrons. The molecule has 0 radical (unpaired) electrons. The summed E-state index contributed by atoms with van der Waals surface area (Å²) in [6.45, 7) is 7.38. The van der Waals surface area contributed by atoms with E-state index in [9.17, 15) is 0 Å². The molecule has 3 heteroatoms. The molecule has 1 aromatic rings. The number of rotatable bonds is 2. The van der Waals surface area contributed by atoms with Crippen LogP contribution < -0.4 is 5.73 Å². The Kier molecular flexibility index (Phi) is 1.58. The monoisotopic (exact) mass is 179 g/mol. The van der Waals surface area contributed by atoms with Gasteiger partial charge in [-0.05, 0) is 24.8 Å². The molecule has 0 spiro atoms. The van der Waals surface area contributed by atoms with Gasteiger partial charge in [0, 0.05) is 12.7 Å². The molecular weight excluding hydrogens is 162 g/mol. The Morgan fingerprint density at radius 3 is 2.62 bits per heavy atom. The predicted molar refractivity (Wildman–Crippen MR) is 52.2 cm³/mol. The van der Waals surface area contributed by atoms with E-state index < -0.39 is 0 Å². The molecule has 0 aromatic carbocycles. The van der Waals surface area contributed by atoms with Crippen LogP contribution in [0.5, 0.6) is 0 Å². The number of hydrogen-bond donors (Lipinski definition) is 1. The molecule has 0 amide bonds. The molecule has 1 aliphatic rings. The third-order valence-electron chi connectivity index (χ3n) is 3.23. The lowest BCUT2D eigenvalue weighted by Crippen LogP contribution is -2.26. The summed E-state index contributed by atoms with van der Waals surface area (Å²) < 4.78 is 1.93. The molecule has 0 saturated heterocycles. The molecule has 0 bridgehead atoms. The second-order valence-electron chi connectivity index (χ2n) is 4.59. The first-order chi connectivity index (χ1) is 5.99. The zero-order valence-electron chi connectivity index (χ0n) is 8.54. The largest absolute Gasteiger partial charge is 0.320 e. The molecule has 2 rings (SSSR count). The van der Waals surface area contributed by atoms with Gasteiger partial charge in [-0.3, -0.25) is 4.68 Å². The SMILES string of the molecule is CCn1ccc(C2(N)CC2(C)C)n1. The minimum absolute atomic E-state index is 0.173. The Hall–Kier alpha value is -0.830. The summed E-state index contributed by atoms with van der Waals surface area (Å²) in [7, 11) is 0. The Bertz CT molecular complexity index is 327. The second-order valence-corrected chi connectivity index (χ2v) is 4.59. The molecular formula is C10H17N3. The maximum Gasteiger partial charge on any atom is 0.0828 e. The van der Waals surface area contributed by atoms with E-state index in [4.69, 9.17) is 5.73 Å². The zero-order valence-corrected chi connectivity index (χ0v) is 8.54. The van der Waals surface area contributed by atoms with E-state index in [1.165, 1.54) is 0 Å². The van der Waals surface area contributed by atoms with Gasteiger partial charge in [0.15, 0.2) is 0 Å². The lowest BCUT2D eigenvalue weighted by molar-refractivity contribution is 0.490. The predicted octanol–water partition coefficient (Wildman–Crippen LogP) is 1.49. The third-order valence-corrected chi connectivity index (χ3v) is 3.23. The number of hydrogen-bond acceptors (Lipinski definition) is 2. The molecule has 1 unspecified atom stereocenters. The summed E-state index contributed by atoms with van der Waals surface area (Å²) in [6, 6.07) is 2.04. The Morgan fingerprint density at radius 1 is 1.62 bits per heavy atom. The fourth-order valence-corrected chi connectivity index (χ4v) is 1.87. The van der Waals surface area contributed by atoms with Crippen LogP contribution in [0.2, 0.25) is 0 Å². The highest BCUT2D eigenvalue weighted by atomic mass is 15.3. The van der Waals surface area contributed by atoms with E-state index >= 15 is 0 Å². The molecule has 0 aliphatic heterocycles. The van der Waals surface area contributed by atoms with Crippen molar-refractivity contribution < 1.29 is 0 Å². The second kappa shape index (κ2) is 2.35. The average Bonchev–Trinajstić information content (AvgIpc) is 2.53. The third kappa shape index (κ3) is 1.10. The maximum absolute atomic E-state index is 6.24. The van der Waals surface area contributed by atoms with Crippen molar-refractivity contribution in [2.24, 2.45) is 11.1 Å². The summed E-state index contributed by atoms with van der Waals surface area (Å²) in [5, 5.41) is 4.45. The summed E-state index contributed by atoms with van der Waals surface area (Å²) in [5.74, 6) is 0. The summed E-state index contributed by atoms with van der Waals surface area (Å²) in [5.41, 5.74) is 7.33. The quantitative estimate of drug-likeness (QED) is 0.747. The number of aryl methyl sites for hydroxylation is 1. The summed E-state index contributed by atoms with van der Waals surface area (Å²) in [4.78, 5) is 0. The minimum atomic E-state index is -0.173. The lowest BCUT2D eigenvalue weighted by Gasteiger charge is -2.11. The highest BCUT2D eigenvalue weighted by Crippen LogP contribution is 2.59. The highest BCUT2D eigenvalue weighted by Gasteiger charge is 2.60. The summed E-state index contributed by atoms with van der Waals surface area (Å²) >= 11 is 0. The Morgan fingerprint density at radius 2 is 2.23 bits per heavy atom. The van der Waals surface area contributed by atoms with Gasteiger partial charge in [0.1, 0.15) is 0 Å². The van der Waals surface area contributed by atoms with Gasteiger partial charge in [-0.1, -0.05) is 13.8 Å². The molecule has 3 nitrogen and oxygen atoms in total. The summed E-state index contributed by atoms with van der Waals surface area (Å²) in [6.07, 6.45) is 3.04. The molecule has 1 fully saturated rings. The van der Waals surface area contributed by atoms with Gasteiger partial charge in [-0.25, -0.2) is 0 Å². The van der Waals surface area contributed by atoms with E-state index in [0.29, 0.717) is 0 Å². The Labute approximate surface area is 78.9 Å². The first-order valence-electron chi connectivity index (χ1n) is 4.82.